The minimum Gasteiger partial charge on any atom is -0.329 e. The van der Waals surface area contributed by atoms with E-state index in [1.54, 1.807) is 6.20 Å². The van der Waals surface area contributed by atoms with Crippen LogP contribution in [0, 0.1) is 0 Å². The molecule has 0 aliphatic rings. The average molecular weight is 253 g/mol. The number of hydrogen-bond acceptors (Lipinski definition) is 3. The zero-order chi connectivity index (χ0) is 13.1. The normalized spacial score (nSPS) is 10.8. The van der Waals surface area contributed by atoms with Gasteiger partial charge in [-0.15, -0.1) is 0 Å². The maximum absolute atomic E-state index is 5.64. The van der Waals surface area contributed by atoms with Crippen LogP contribution < -0.4 is 5.73 Å². The third kappa shape index (κ3) is 2.41. The maximum atomic E-state index is 5.64. The first-order valence-corrected chi connectivity index (χ1v) is 6.16. The van der Waals surface area contributed by atoms with Gasteiger partial charge in [0.15, 0.2) is 0 Å². The zero-order valence-electron chi connectivity index (χ0n) is 10.5. The predicted molar refractivity (Wildman–Crippen MR) is 72.8 cm³/mol. The molecule has 19 heavy (non-hydrogen) atoms. The van der Waals surface area contributed by atoms with Crippen LogP contribution in [0.1, 0.15) is 11.4 Å². The van der Waals surface area contributed by atoms with Crippen molar-refractivity contribution >= 4 is 0 Å². The highest BCUT2D eigenvalue weighted by Gasteiger charge is 2.04. The van der Waals surface area contributed by atoms with E-state index >= 15 is 0 Å². The fourth-order valence-electron chi connectivity index (χ4n) is 2.03. The van der Waals surface area contributed by atoms with Crippen LogP contribution in [0.2, 0.25) is 0 Å². The van der Waals surface area contributed by atoms with Gasteiger partial charge in [0.25, 0.3) is 0 Å². The van der Waals surface area contributed by atoms with Crippen LogP contribution in [-0.4, -0.2) is 19.3 Å². The summed E-state index contributed by atoms with van der Waals surface area (Å²) in [7, 11) is 0. The van der Waals surface area contributed by atoms with E-state index in [2.05, 4.69) is 10.1 Å². The number of rotatable bonds is 4. The Hall–Kier alpha value is -2.40. The number of aromatic nitrogens is 4. The largest absolute Gasteiger partial charge is 0.329 e. The van der Waals surface area contributed by atoms with Gasteiger partial charge in [-0.2, -0.15) is 5.10 Å². The van der Waals surface area contributed by atoms with Gasteiger partial charge in [-0.05, 0) is 12.1 Å². The number of nitrogens with zero attached hydrogens (tertiary/aromatic N) is 4. The summed E-state index contributed by atoms with van der Waals surface area (Å²) < 4.78 is 3.90. The first kappa shape index (κ1) is 11.7. The fraction of sp³-hybridized carbons (Fsp3) is 0.143. The van der Waals surface area contributed by atoms with Crippen LogP contribution in [0.5, 0.6) is 0 Å². The van der Waals surface area contributed by atoms with E-state index in [1.807, 2.05) is 58.2 Å². The molecule has 2 N–H and O–H groups in total. The summed E-state index contributed by atoms with van der Waals surface area (Å²) in [6.07, 6.45) is 7.59. The minimum atomic E-state index is 0.444. The van der Waals surface area contributed by atoms with Crippen LogP contribution in [0.15, 0.2) is 55.1 Å². The number of benzene rings is 1. The Kier molecular flexibility index (Phi) is 3.12. The highest BCUT2D eigenvalue weighted by molar-refractivity contribution is 5.30. The Morgan fingerprint density at radius 3 is 2.79 bits per heavy atom. The van der Waals surface area contributed by atoms with Gasteiger partial charge in [-0.25, -0.2) is 9.67 Å². The fourth-order valence-corrected chi connectivity index (χ4v) is 2.03. The lowest BCUT2D eigenvalue weighted by Gasteiger charge is -2.03. The maximum Gasteiger partial charge on any atom is 0.122 e. The number of hydrogen-bond donors (Lipinski definition) is 1. The molecule has 0 fully saturated rings. The second-order valence-electron chi connectivity index (χ2n) is 4.30. The molecule has 0 saturated carbocycles. The molecule has 2 aromatic heterocycles. The highest BCUT2D eigenvalue weighted by Crippen LogP contribution is 2.09. The smallest absolute Gasteiger partial charge is 0.122 e. The Morgan fingerprint density at radius 2 is 2.00 bits per heavy atom. The van der Waals surface area contributed by atoms with Crippen molar-refractivity contribution in [2.24, 2.45) is 5.73 Å². The molecule has 0 atom stereocenters. The highest BCUT2D eigenvalue weighted by atomic mass is 15.3. The summed E-state index contributed by atoms with van der Waals surface area (Å²) in [4.78, 5) is 4.21. The van der Waals surface area contributed by atoms with Crippen molar-refractivity contribution in [1.82, 2.24) is 19.3 Å². The lowest BCUT2D eigenvalue weighted by atomic mass is 10.3. The number of imidazole rings is 1. The quantitative estimate of drug-likeness (QED) is 0.767. The topological polar surface area (TPSA) is 61.7 Å². The molecule has 0 bridgehead atoms. The summed E-state index contributed by atoms with van der Waals surface area (Å²) >= 11 is 0. The van der Waals surface area contributed by atoms with E-state index < -0.39 is 0 Å². The van der Waals surface area contributed by atoms with Crippen LogP contribution in [0.3, 0.4) is 0 Å². The second kappa shape index (κ2) is 5.07. The van der Waals surface area contributed by atoms with Crippen molar-refractivity contribution in [1.29, 1.82) is 0 Å². The number of nitrogens with two attached hydrogens (primary N) is 1. The van der Waals surface area contributed by atoms with Gasteiger partial charge >= 0.3 is 0 Å². The Bertz CT molecular complexity index is 653. The monoisotopic (exact) mass is 253 g/mol. The molecule has 0 saturated heterocycles. The third-order valence-corrected chi connectivity index (χ3v) is 2.99. The van der Waals surface area contributed by atoms with E-state index in [0.717, 1.165) is 23.6 Å². The molecule has 5 nitrogen and oxygen atoms in total. The van der Waals surface area contributed by atoms with Crippen molar-refractivity contribution in [3.63, 3.8) is 0 Å². The standard InChI is InChI=1S/C14H15N5/c15-8-14-16-6-7-18(14)10-12-9-17-19(11-12)13-4-2-1-3-5-13/h1-7,9,11H,8,10,15H2. The lowest BCUT2D eigenvalue weighted by molar-refractivity contribution is 0.724. The minimum absolute atomic E-state index is 0.444. The molecule has 3 aromatic rings. The van der Waals surface area contributed by atoms with Crippen molar-refractivity contribution in [3.8, 4) is 5.69 Å². The molecule has 0 amide bonds. The molecule has 1 aromatic carbocycles. The summed E-state index contributed by atoms with van der Waals surface area (Å²) in [5, 5.41) is 4.37. The van der Waals surface area contributed by atoms with E-state index in [4.69, 9.17) is 5.73 Å². The summed E-state index contributed by atoms with van der Waals surface area (Å²) in [5.41, 5.74) is 7.82. The first-order chi connectivity index (χ1) is 9.36. The first-order valence-electron chi connectivity index (χ1n) is 6.16. The van der Waals surface area contributed by atoms with E-state index in [0.29, 0.717) is 6.54 Å². The second-order valence-corrected chi connectivity index (χ2v) is 4.30. The molecule has 96 valence electrons. The van der Waals surface area contributed by atoms with Crippen LogP contribution in [-0.2, 0) is 13.1 Å². The van der Waals surface area contributed by atoms with Gasteiger partial charge in [-0.3, -0.25) is 0 Å². The molecule has 0 aliphatic carbocycles. The van der Waals surface area contributed by atoms with Crippen molar-refractivity contribution < 1.29 is 0 Å². The molecule has 0 radical (unpaired) electrons. The Balaban J connectivity index is 1.82. The molecular formula is C14H15N5. The van der Waals surface area contributed by atoms with Gasteiger partial charge in [0.1, 0.15) is 5.82 Å². The van der Waals surface area contributed by atoms with Gasteiger partial charge in [0.2, 0.25) is 0 Å². The van der Waals surface area contributed by atoms with Crippen LogP contribution in [0.25, 0.3) is 5.69 Å². The molecule has 2 heterocycles. The summed E-state index contributed by atoms with van der Waals surface area (Å²) in [5.74, 6) is 0.882. The lowest BCUT2D eigenvalue weighted by Crippen LogP contribution is -2.08. The van der Waals surface area contributed by atoms with Gasteiger partial charge in [0, 0.05) is 24.2 Å². The van der Waals surface area contributed by atoms with Crippen LogP contribution >= 0.6 is 0 Å². The zero-order valence-corrected chi connectivity index (χ0v) is 10.5. The molecule has 0 aliphatic heterocycles. The van der Waals surface area contributed by atoms with E-state index in [9.17, 15) is 0 Å². The van der Waals surface area contributed by atoms with Crippen molar-refractivity contribution in [3.05, 3.63) is 66.5 Å². The Labute approximate surface area is 111 Å². The van der Waals surface area contributed by atoms with Crippen LogP contribution in [0.4, 0.5) is 0 Å². The van der Waals surface area contributed by atoms with Gasteiger partial charge in [-0.1, -0.05) is 18.2 Å². The average Bonchev–Trinajstić information content (AvgIpc) is 3.09. The predicted octanol–water partition coefficient (Wildman–Crippen LogP) is 1.58. The third-order valence-electron chi connectivity index (χ3n) is 2.99. The van der Waals surface area contributed by atoms with Crippen molar-refractivity contribution in [2.75, 3.05) is 0 Å². The SMILES string of the molecule is NCc1nccn1Cc1cnn(-c2ccccc2)c1. The summed E-state index contributed by atoms with van der Waals surface area (Å²) in [6, 6.07) is 10.0. The number of para-hydroxylation sites is 1. The molecule has 5 heteroatoms. The molecular weight excluding hydrogens is 238 g/mol. The molecule has 3 rings (SSSR count). The summed E-state index contributed by atoms with van der Waals surface area (Å²) in [6.45, 7) is 1.18. The van der Waals surface area contributed by atoms with Gasteiger partial charge < -0.3 is 10.3 Å². The Morgan fingerprint density at radius 1 is 1.16 bits per heavy atom. The van der Waals surface area contributed by atoms with Gasteiger partial charge in [0.05, 0.1) is 25.0 Å². The van der Waals surface area contributed by atoms with Crippen molar-refractivity contribution in [2.45, 2.75) is 13.1 Å². The van der Waals surface area contributed by atoms with E-state index in [-0.39, 0.29) is 0 Å². The molecule has 0 spiro atoms. The molecule has 0 unspecified atom stereocenters. The van der Waals surface area contributed by atoms with E-state index in [1.165, 1.54) is 0 Å².